The third-order valence-corrected chi connectivity index (χ3v) is 3.79. The van der Waals surface area contributed by atoms with Gasteiger partial charge in [-0.25, -0.2) is 4.39 Å². The highest BCUT2D eigenvalue weighted by atomic mass is 19.1. The molecule has 112 valence electrons. The van der Waals surface area contributed by atoms with Gasteiger partial charge in [0, 0.05) is 0 Å². The number of carboxylic acid groups (broad SMARTS) is 1. The maximum atomic E-state index is 13.0. The molecule has 0 aromatic heterocycles. The summed E-state index contributed by atoms with van der Waals surface area (Å²) in [5.74, 6) is -4.12. The lowest BCUT2D eigenvalue weighted by Gasteiger charge is -2.06. The Morgan fingerprint density at radius 3 is 2.48 bits per heavy atom. The van der Waals surface area contributed by atoms with E-state index in [2.05, 4.69) is 5.32 Å². The zero-order valence-electron chi connectivity index (χ0n) is 11.3. The van der Waals surface area contributed by atoms with Crippen LogP contribution in [0.3, 0.4) is 0 Å². The topological polar surface area (TPSA) is 110 Å². The quantitative estimate of drug-likeness (QED) is 0.652. The van der Waals surface area contributed by atoms with E-state index >= 15 is 0 Å². The molecule has 1 amide bonds. The van der Waals surface area contributed by atoms with Gasteiger partial charge in [-0.2, -0.15) is 0 Å². The first kappa shape index (κ1) is 14.9. The summed E-state index contributed by atoms with van der Waals surface area (Å²) < 4.78 is 13.0. The Morgan fingerprint density at radius 2 is 2.00 bits per heavy atom. The Kier molecular flexibility index (Phi) is 3.40. The minimum absolute atomic E-state index is 0.154. The first-order valence-corrected chi connectivity index (χ1v) is 6.14. The van der Waals surface area contributed by atoms with Gasteiger partial charge in [-0.3, -0.25) is 19.7 Å². The number of carbonyl (C=O) groups is 2. The van der Waals surface area contributed by atoms with Crippen LogP contribution in [0.4, 0.5) is 15.8 Å². The molecule has 2 rings (SSSR count). The molecule has 1 aromatic carbocycles. The number of aliphatic carboxylic acids is 1. The van der Waals surface area contributed by atoms with Crippen molar-refractivity contribution in [1.82, 2.24) is 0 Å². The van der Waals surface area contributed by atoms with E-state index in [1.807, 2.05) is 0 Å². The second-order valence-corrected chi connectivity index (χ2v) is 5.52. The predicted molar refractivity (Wildman–Crippen MR) is 70.1 cm³/mol. The van der Waals surface area contributed by atoms with Gasteiger partial charge in [0.25, 0.3) is 5.69 Å². The number of nitro benzene ring substituents is 1. The van der Waals surface area contributed by atoms with Crippen molar-refractivity contribution in [3.63, 3.8) is 0 Å². The number of benzene rings is 1. The fourth-order valence-corrected chi connectivity index (χ4v) is 2.56. The van der Waals surface area contributed by atoms with Crippen LogP contribution in [0, 0.1) is 33.2 Å². The van der Waals surface area contributed by atoms with E-state index in [1.165, 1.54) is 0 Å². The van der Waals surface area contributed by atoms with E-state index in [4.69, 9.17) is 5.11 Å². The summed E-state index contributed by atoms with van der Waals surface area (Å²) in [6, 6.07) is 2.76. The first-order chi connectivity index (χ1) is 9.66. The Balaban J connectivity index is 2.22. The van der Waals surface area contributed by atoms with Crippen LogP contribution in [0.1, 0.15) is 13.8 Å². The minimum Gasteiger partial charge on any atom is -0.481 e. The molecule has 2 N–H and O–H groups in total. The van der Waals surface area contributed by atoms with Crippen molar-refractivity contribution < 1.29 is 24.0 Å². The van der Waals surface area contributed by atoms with Crippen LogP contribution in [0.25, 0.3) is 0 Å². The normalized spacial score (nSPS) is 22.4. The summed E-state index contributed by atoms with van der Waals surface area (Å²) in [5.41, 5.74) is -1.45. The number of nitrogens with one attached hydrogen (secondary N) is 1. The maximum absolute atomic E-state index is 13.0. The van der Waals surface area contributed by atoms with E-state index in [9.17, 15) is 24.1 Å². The van der Waals surface area contributed by atoms with Crippen LogP contribution in [-0.2, 0) is 9.59 Å². The second kappa shape index (κ2) is 4.80. The molecule has 0 heterocycles. The lowest BCUT2D eigenvalue weighted by Crippen LogP contribution is -2.18. The predicted octanol–water partition coefficient (Wildman–Crippen LogP) is 2.03. The van der Waals surface area contributed by atoms with Crippen molar-refractivity contribution in [2.45, 2.75) is 13.8 Å². The van der Waals surface area contributed by atoms with E-state index in [0.717, 1.165) is 12.1 Å². The zero-order valence-corrected chi connectivity index (χ0v) is 11.3. The molecule has 7 nitrogen and oxygen atoms in total. The number of amides is 1. The molecule has 0 saturated heterocycles. The molecule has 1 aromatic rings. The molecule has 1 aliphatic carbocycles. The van der Waals surface area contributed by atoms with Crippen LogP contribution in [-0.4, -0.2) is 21.9 Å². The number of anilines is 1. The molecule has 1 saturated carbocycles. The van der Waals surface area contributed by atoms with Crippen molar-refractivity contribution >= 4 is 23.3 Å². The van der Waals surface area contributed by atoms with Crippen LogP contribution in [0.15, 0.2) is 18.2 Å². The highest BCUT2D eigenvalue weighted by Gasteiger charge is 2.66. The molecular weight excluding hydrogens is 283 g/mol. The van der Waals surface area contributed by atoms with Crippen LogP contribution < -0.4 is 5.32 Å². The van der Waals surface area contributed by atoms with Crippen molar-refractivity contribution in [3.05, 3.63) is 34.1 Å². The van der Waals surface area contributed by atoms with E-state index < -0.39 is 45.6 Å². The third kappa shape index (κ3) is 2.56. The van der Waals surface area contributed by atoms with E-state index in [-0.39, 0.29) is 5.69 Å². The molecule has 0 radical (unpaired) electrons. The van der Waals surface area contributed by atoms with Gasteiger partial charge in [-0.15, -0.1) is 0 Å². The minimum atomic E-state index is -1.09. The standard InChI is InChI=1S/C13H13FN2O5/c1-13(2)9(10(13)12(18)19)11(17)15-7-4-3-6(14)5-8(7)16(20)21/h3-5,9-10H,1-2H3,(H,15,17)(H,18,19). The van der Waals surface area contributed by atoms with Gasteiger partial charge in [-0.1, -0.05) is 13.8 Å². The molecule has 1 aliphatic rings. The van der Waals surface area contributed by atoms with Crippen molar-refractivity contribution in [1.29, 1.82) is 0 Å². The monoisotopic (exact) mass is 296 g/mol. The first-order valence-electron chi connectivity index (χ1n) is 6.14. The average molecular weight is 296 g/mol. The molecule has 2 unspecified atom stereocenters. The number of hydrogen-bond acceptors (Lipinski definition) is 4. The number of nitrogens with zero attached hydrogens (tertiary/aromatic N) is 1. The second-order valence-electron chi connectivity index (χ2n) is 5.52. The summed E-state index contributed by atoms with van der Waals surface area (Å²) in [4.78, 5) is 33.1. The zero-order chi connectivity index (χ0) is 15.9. The molecule has 0 bridgehead atoms. The molecule has 0 aliphatic heterocycles. The summed E-state index contributed by atoms with van der Waals surface area (Å²) >= 11 is 0. The molecule has 8 heteroatoms. The number of carbonyl (C=O) groups excluding carboxylic acids is 1. The number of halogens is 1. The van der Waals surface area contributed by atoms with Crippen LogP contribution in [0.5, 0.6) is 0 Å². The molecule has 21 heavy (non-hydrogen) atoms. The summed E-state index contributed by atoms with van der Waals surface area (Å²) in [5, 5.41) is 22.2. The summed E-state index contributed by atoms with van der Waals surface area (Å²) in [7, 11) is 0. The highest BCUT2D eigenvalue weighted by Crippen LogP contribution is 2.58. The molecule has 1 fully saturated rings. The smallest absolute Gasteiger partial charge is 0.307 e. The van der Waals surface area contributed by atoms with Gasteiger partial charge < -0.3 is 10.4 Å². The molecule has 2 atom stereocenters. The Morgan fingerprint density at radius 1 is 1.38 bits per heavy atom. The van der Waals surface area contributed by atoms with Gasteiger partial charge in [-0.05, 0) is 17.5 Å². The Hall–Kier alpha value is -2.51. The fourth-order valence-electron chi connectivity index (χ4n) is 2.56. The highest BCUT2D eigenvalue weighted by molar-refractivity contribution is 6.00. The van der Waals surface area contributed by atoms with Crippen LogP contribution >= 0.6 is 0 Å². The number of hydrogen-bond donors (Lipinski definition) is 2. The fraction of sp³-hybridized carbons (Fsp3) is 0.385. The lowest BCUT2D eigenvalue weighted by molar-refractivity contribution is -0.384. The van der Waals surface area contributed by atoms with Crippen molar-refractivity contribution in [2.75, 3.05) is 5.32 Å². The van der Waals surface area contributed by atoms with Crippen molar-refractivity contribution in [2.24, 2.45) is 17.3 Å². The van der Waals surface area contributed by atoms with Crippen molar-refractivity contribution in [3.8, 4) is 0 Å². The molecule has 0 spiro atoms. The average Bonchev–Trinajstić information content (AvgIpc) is 2.94. The number of carboxylic acids is 1. The van der Waals surface area contributed by atoms with Crippen LogP contribution in [0.2, 0.25) is 0 Å². The van der Waals surface area contributed by atoms with E-state index in [1.54, 1.807) is 13.8 Å². The van der Waals surface area contributed by atoms with Gasteiger partial charge in [0.1, 0.15) is 11.5 Å². The Bertz CT molecular complexity index is 643. The SMILES string of the molecule is CC1(C)C(C(=O)O)C1C(=O)Nc1ccc(F)cc1[N+](=O)[O-]. The van der Waals surface area contributed by atoms with Gasteiger partial charge >= 0.3 is 5.97 Å². The van der Waals surface area contributed by atoms with Gasteiger partial charge in [0.2, 0.25) is 5.91 Å². The lowest BCUT2D eigenvalue weighted by atomic mass is 10.1. The number of rotatable bonds is 4. The summed E-state index contributed by atoms with van der Waals surface area (Å²) in [6.07, 6.45) is 0. The van der Waals surface area contributed by atoms with E-state index in [0.29, 0.717) is 6.07 Å². The largest absolute Gasteiger partial charge is 0.481 e. The Labute approximate surface area is 118 Å². The third-order valence-electron chi connectivity index (χ3n) is 3.79. The van der Waals surface area contributed by atoms with Gasteiger partial charge in [0.05, 0.1) is 22.8 Å². The summed E-state index contributed by atoms with van der Waals surface area (Å²) in [6.45, 7) is 3.27. The van der Waals surface area contributed by atoms with Gasteiger partial charge in [0.15, 0.2) is 0 Å². The molecular formula is C13H13FN2O5. The number of nitro groups is 1. The maximum Gasteiger partial charge on any atom is 0.307 e.